The van der Waals surface area contributed by atoms with E-state index in [-0.39, 0.29) is 0 Å². The Morgan fingerprint density at radius 3 is 2.72 bits per heavy atom. The van der Waals surface area contributed by atoms with Crippen LogP contribution in [-0.4, -0.2) is 17.0 Å². The van der Waals surface area contributed by atoms with E-state index in [1.165, 1.54) is 70.6 Å². The van der Waals surface area contributed by atoms with Gasteiger partial charge in [-0.05, 0) is 50.9 Å². The summed E-state index contributed by atoms with van der Waals surface area (Å²) < 4.78 is 6.18. The van der Waals surface area contributed by atoms with Crippen molar-refractivity contribution in [3.63, 3.8) is 0 Å². The fourth-order valence-electron chi connectivity index (χ4n) is 3.79. The molecule has 18 heavy (non-hydrogen) atoms. The second kappa shape index (κ2) is 7.28. The highest BCUT2D eigenvalue weighted by molar-refractivity contribution is 9.09. The lowest BCUT2D eigenvalue weighted by molar-refractivity contribution is -0.118. The van der Waals surface area contributed by atoms with Crippen molar-refractivity contribution in [2.75, 3.05) is 6.61 Å². The van der Waals surface area contributed by atoms with Crippen molar-refractivity contribution in [1.29, 1.82) is 0 Å². The summed E-state index contributed by atoms with van der Waals surface area (Å²) in [5.41, 5.74) is 0.299. The predicted octanol–water partition coefficient (Wildman–Crippen LogP) is 5.46. The third-order valence-corrected chi connectivity index (χ3v) is 5.77. The quantitative estimate of drug-likeness (QED) is 0.612. The summed E-state index contributed by atoms with van der Waals surface area (Å²) in [5, 5.41) is 0. The molecule has 0 aromatic carbocycles. The second-order valence-electron chi connectivity index (χ2n) is 6.41. The van der Waals surface area contributed by atoms with E-state index < -0.39 is 0 Å². The molecule has 2 heteroatoms. The molecule has 1 nitrogen and oxygen atoms in total. The van der Waals surface area contributed by atoms with Crippen LogP contribution in [0, 0.1) is 5.92 Å². The van der Waals surface area contributed by atoms with E-state index in [2.05, 4.69) is 22.9 Å². The molecule has 1 heterocycles. The van der Waals surface area contributed by atoms with Crippen LogP contribution in [0.2, 0.25) is 0 Å². The lowest BCUT2D eigenvalue weighted by Crippen LogP contribution is -2.41. The molecule has 1 saturated carbocycles. The zero-order valence-corrected chi connectivity index (χ0v) is 13.5. The molecule has 0 aromatic heterocycles. The molecule has 2 aliphatic rings. The number of hydrogen-bond acceptors (Lipinski definition) is 1. The zero-order chi connectivity index (χ0) is 12.8. The Labute approximate surface area is 121 Å². The van der Waals surface area contributed by atoms with Crippen molar-refractivity contribution in [1.82, 2.24) is 0 Å². The van der Waals surface area contributed by atoms with E-state index in [0.717, 1.165) is 17.4 Å². The Bertz CT molecular complexity index is 230. The van der Waals surface area contributed by atoms with Crippen LogP contribution in [0.4, 0.5) is 0 Å². The summed E-state index contributed by atoms with van der Waals surface area (Å²) >= 11 is 3.82. The smallest absolute Gasteiger partial charge is 0.0685 e. The van der Waals surface area contributed by atoms with Gasteiger partial charge in [-0.25, -0.2) is 0 Å². The molecule has 2 fully saturated rings. The van der Waals surface area contributed by atoms with Gasteiger partial charge in [0.2, 0.25) is 0 Å². The van der Waals surface area contributed by atoms with Crippen molar-refractivity contribution in [3.8, 4) is 0 Å². The molecule has 0 aromatic rings. The van der Waals surface area contributed by atoms with Gasteiger partial charge in [0, 0.05) is 11.4 Å². The van der Waals surface area contributed by atoms with Crippen LogP contribution in [0.25, 0.3) is 0 Å². The van der Waals surface area contributed by atoms with Crippen LogP contribution < -0.4 is 0 Å². The molecule has 1 spiro atoms. The maximum absolute atomic E-state index is 6.18. The van der Waals surface area contributed by atoms with Crippen LogP contribution in [0.5, 0.6) is 0 Å². The standard InChI is InChI=1S/C16H29BrO/c1-2-6-15(17)8-7-14-9-12-18-16(13-14)10-4-3-5-11-16/h14-15H,2-13H2,1H3. The monoisotopic (exact) mass is 316 g/mol. The van der Waals surface area contributed by atoms with Crippen molar-refractivity contribution < 1.29 is 4.74 Å². The molecule has 0 amide bonds. The summed E-state index contributed by atoms with van der Waals surface area (Å²) in [6, 6.07) is 0. The molecule has 1 saturated heterocycles. The third-order valence-electron chi connectivity index (χ3n) is 4.85. The van der Waals surface area contributed by atoms with E-state index in [1.54, 1.807) is 0 Å². The molecular weight excluding hydrogens is 288 g/mol. The highest BCUT2D eigenvalue weighted by Crippen LogP contribution is 2.42. The van der Waals surface area contributed by atoms with Gasteiger partial charge >= 0.3 is 0 Å². The van der Waals surface area contributed by atoms with Gasteiger partial charge in [0.1, 0.15) is 0 Å². The van der Waals surface area contributed by atoms with E-state index in [9.17, 15) is 0 Å². The predicted molar refractivity (Wildman–Crippen MR) is 81.3 cm³/mol. The molecule has 0 N–H and O–H groups in total. The van der Waals surface area contributed by atoms with Crippen LogP contribution in [-0.2, 0) is 4.74 Å². The van der Waals surface area contributed by atoms with Crippen molar-refractivity contribution in [2.45, 2.75) is 88.0 Å². The minimum atomic E-state index is 0.299. The first kappa shape index (κ1) is 14.8. The summed E-state index contributed by atoms with van der Waals surface area (Å²) in [6.45, 7) is 3.30. The van der Waals surface area contributed by atoms with Gasteiger partial charge in [0.05, 0.1) is 5.60 Å². The average molecular weight is 317 g/mol. The lowest BCUT2D eigenvalue weighted by atomic mass is 9.75. The Balaban J connectivity index is 1.76. The van der Waals surface area contributed by atoms with Crippen LogP contribution in [0.15, 0.2) is 0 Å². The van der Waals surface area contributed by atoms with Gasteiger partial charge in [0.25, 0.3) is 0 Å². The average Bonchev–Trinajstić information content (AvgIpc) is 2.38. The first-order valence-electron chi connectivity index (χ1n) is 8.02. The molecule has 2 unspecified atom stereocenters. The summed E-state index contributed by atoms with van der Waals surface area (Å²) in [4.78, 5) is 0.743. The van der Waals surface area contributed by atoms with Gasteiger partial charge in [-0.1, -0.05) is 48.5 Å². The molecule has 2 rings (SSSR count). The van der Waals surface area contributed by atoms with Gasteiger partial charge in [-0.2, -0.15) is 0 Å². The minimum absolute atomic E-state index is 0.299. The largest absolute Gasteiger partial charge is 0.375 e. The molecule has 0 radical (unpaired) electrons. The Kier molecular flexibility index (Phi) is 6.00. The minimum Gasteiger partial charge on any atom is -0.375 e. The Morgan fingerprint density at radius 2 is 2.00 bits per heavy atom. The topological polar surface area (TPSA) is 9.23 Å². The van der Waals surface area contributed by atoms with Crippen molar-refractivity contribution in [2.24, 2.45) is 5.92 Å². The lowest BCUT2D eigenvalue weighted by Gasteiger charge is -2.43. The molecule has 2 atom stereocenters. The third kappa shape index (κ3) is 4.23. The van der Waals surface area contributed by atoms with Gasteiger partial charge < -0.3 is 4.74 Å². The zero-order valence-electron chi connectivity index (χ0n) is 11.9. The van der Waals surface area contributed by atoms with E-state index in [4.69, 9.17) is 4.74 Å². The van der Waals surface area contributed by atoms with Crippen LogP contribution in [0.3, 0.4) is 0 Å². The first-order chi connectivity index (χ1) is 8.74. The summed E-state index contributed by atoms with van der Waals surface area (Å²) in [5.74, 6) is 0.925. The number of halogens is 1. The van der Waals surface area contributed by atoms with Gasteiger partial charge in [0.15, 0.2) is 0 Å². The molecule has 106 valence electrons. The first-order valence-corrected chi connectivity index (χ1v) is 8.94. The highest BCUT2D eigenvalue weighted by Gasteiger charge is 2.38. The van der Waals surface area contributed by atoms with Crippen molar-refractivity contribution in [3.05, 3.63) is 0 Å². The molecule has 1 aliphatic carbocycles. The number of hydrogen-bond donors (Lipinski definition) is 0. The number of alkyl halides is 1. The summed E-state index contributed by atoms with van der Waals surface area (Å²) in [7, 11) is 0. The van der Waals surface area contributed by atoms with Crippen LogP contribution in [0.1, 0.15) is 77.6 Å². The van der Waals surface area contributed by atoms with Gasteiger partial charge in [-0.15, -0.1) is 0 Å². The number of rotatable bonds is 5. The van der Waals surface area contributed by atoms with Gasteiger partial charge in [-0.3, -0.25) is 0 Å². The maximum Gasteiger partial charge on any atom is 0.0685 e. The van der Waals surface area contributed by atoms with E-state index >= 15 is 0 Å². The summed E-state index contributed by atoms with van der Waals surface area (Å²) in [6.07, 6.45) is 14.9. The maximum atomic E-state index is 6.18. The molecule has 1 aliphatic heterocycles. The SMILES string of the molecule is CCCC(Br)CCC1CCOC2(CCCCC2)C1. The van der Waals surface area contributed by atoms with Crippen LogP contribution >= 0.6 is 15.9 Å². The Morgan fingerprint density at radius 1 is 1.22 bits per heavy atom. The fourth-order valence-corrected chi connectivity index (χ4v) is 4.52. The van der Waals surface area contributed by atoms with E-state index in [1.807, 2.05) is 0 Å². The van der Waals surface area contributed by atoms with E-state index in [0.29, 0.717) is 5.60 Å². The van der Waals surface area contributed by atoms with Crippen molar-refractivity contribution >= 4 is 15.9 Å². The second-order valence-corrected chi connectivity index (χ2v) is 7.71. The molecular formula is C16H29BrO. The normalized spacial score (nSPS) is 29.3. The molecule has 0 bridgehead atoms. The highest BCUT2D eigenvalue weighted by atomic mass is 79.9. The number of ether oxygens (including phenoxy) is 1. The Hall–Kier alpha value is 0.440. The fraction of sp³-hybridized carbons (Fsp3) is 1.00.